The third-order valence-corrected chi connectivity index (χ3v) is 6.06. The van der Waals surface area contributed by atoms with Crippen LogP contribution in [0.2, 0.25) is 0 Å². The zero-order valence-electron chi connectivity index (χ0n) is 18.3. The zero-order valence-corrected chi connectivity index (χ0v) is 18.3. The van der Waals surface area contributed by atoms with E-state index in [4.69, 9.17) is 0 Å². The molecule has 10 heteroatoms. The fourth-order valence-corrected chi connectivity index (χ4v) is 4.00. The Bertz CT molecular complexity index is 1090. The third kappa shape index (κ3) is 4.80. The number of hydrogen-bond donors (Lipinski definition) is 1. The summed E-state index contributed by atoms with van der Waals surface area (Å²) in [7, 11) is 0. The van der Waals surface area contributed by atoms with Crippen LogP contribution in [0.15, 0.2) is 49.0 Å². The zero-order chi connectivity index (χ0) is 25.5. The Morgan fingerprint density at radius 3 is 2.12 bits per heavy atom. The number of carbonyl (C=O) groups excluding carboxylic acids is 2. The lowest BCUT2D eigenvalue weighted by atomic mass is 9.75. The van der Waals surface area contributed by atoms with Crippen LogP contribution < -0.4 is 10.2 Å². The molecule has 1 N–H and O–H groups in total. The van der Waals surface area contributed by atoms with Crippen molar-refractivity contribution in [2.45, 2.75) is 32.6 Å². The van der Waals surface area contributed by atoms with E-state index in [1.807, 2.05) is 0 Å². The van der Waals surface area contributed by atoms with Crippen LogP contribution in [0.3, 0.4) is 0 Å². The topological polar surface area (TPSA) is 49.4 Å². The largest absolute Gasteiger partial charge is 0.416 e. The van der Waals surface area contributed by atoms with Gasteiger partial charge in [0.15, 0.2) is 0 Å². The Morgan fingerprint density at radius 2 is 1.62 bits per heavy atom. The second-order valence-electron chi connectivity index (χ2n) is 8.48. The van der Waals surface area contributed by atoms with Crippen molar-refractivity contribution in [2.24, 2.45) is 11.3 Å². The predicted molar refractivity (Wildman–Crippen MR) is 116 cm³/mol. The molecule has 1 aliphatic rings. The number of benzene rings is 2. The van der Waals surface area contributed by atoms with Crippen LogP contribution in [-0.4, -0.2) is 18.4 Å². The van der Waals surface area contributed by atoms with E-state index in [1.165, 1.54) is 4.90 Å². The van der Waals surface area contributed by atoms with E-state index >= 15 is 0 Å². The molecule has 4 nitrogen and oxygen atoms in total. The summed E-state index contributed by atoms with van der Waals surface area (Å²) in [6.07, 6.45) is -8.82. The normalized spacial score (nSPS) is 19.0. The molecule has 1 aliphatic heterocycles. The first kappa shape index (κ1) is 25.3. The van der Waals surface area contributed by atoms with Gasteiger partial charge < -0.3 is 10.2 Å². The summed E-state index contributed by atoms with van der Waals surface area (Å²) in [5.74, 6) is -1.68. The lowest BCUT2D eigenvalue weighted by molar-refractivity contribution is -0.143. The summed E-state index contributed by atoms with van der Waals surface area (Å²) in [6.45, 7) is 6.95. The van der Waals surface area contributed by atoms with Gasteiger partial charge in [0.1, 0.15) is 0 Å². The Morgan fingerprint density at radius 1 is 1.06 bits per heavy atom. The molecule has 1 heterocycles. The van der Waals surface area contributed by atoms with E-state index in [9.17, 15) is 35.9 Å². The molecule has 1 saturated heterocycles. The molecule has 1 atom stereocenters. The fourth-order valence-electron chi connectivity index (χ4n) is 4.00. The Kier molecular flexibility index (Phi) is 6.56. The molecular formula is C24H22F6N2O2. The number of amides is 2. The van der Waals surface area contributed by atoms with E-state index in [0.29, 0.717) is 23.4 Å². The van der Waals surface area contributed by atoms with E-state index in [-0.39, 0.29) is 19.0 Å². The van der Waals surface area contributed by atoms with Crippen LogP contribution in [-0.2, 0) is 21.9 Å². The van der Waals surface area contributed by atoms with Crippen molar-refractivity contribution in [2.75, 3.05) is 16.8 Å². The monoisotopic (exact) mass is 484 g/mol. The number of para-hydroxylation sites is 1. The van der Waals surface area contributed by atoms with E-state index in [2.05, 4.69) is 11.9 Å². The summed E-state index contributed by atoms with van der Waals surface area (Å²) in [4.78, 5) is 27.6. The molecular weight excluding hydrogens is 462 g/mol. The van der Waals surface area contributed by atoms with Gasteiger partial charge in [0, 0.05) is 18.7 Å². The third-order valence-electron chi connectivity index (χ3n) is 6.06. The van der Waals surface area contributed by atoms with Gasteiger partial charge in [-0.3, -0.25) is 9.59 Å². The molecule has 0 bridgehead atoms. The van der Waals surface area contributed by atoms with Crippen molar-refractivity contribution in [3.05, 3.63) is 65.7 Å². The quantitative estimate of drug-likeness (QED) is 0.501. The average molecular weight is 484 g/mol. The maximum absolute atomic E-state index is 13.3. The van der Waals surface area contributed by atoms with Gasteiger partial charge >= 0.3 is 12.4 Å². The molecule has 34 heavy (non-hydrogen) atoms. The number of alkyl halides is 6. The lowest BCUT2D eigenvalue weighted by Gasteiger charge is -2.32. The summed E-state index contributed by atoms with van der Waals surface area (Å²) in [6, 6.07) is 7.73. The number of nitrogens with zero attached hydrogens (tertiary/aromatic N) is 1. The maximum Gasteiger partial charge on any atom is 0.416 e. The highest BCUT2D eigenvalue weighted by molar-refractivity contribution is 6.06. The van der Waals surface area contributed by atoms with E-state index in [1.54, 1.807) is 44.2 Å². The Balaban J connectivity index is 1.99. The Hall–Kier alpha value is -3.30. The van der Waals surface area contributed by atoms with Gasteiger partial charge in [-0.25, -0.2) is 0 Å². The molecule has 1 fully saturated rings. The summed E-state index contributed by atoms with van der Waals surface area (Å²) in [5.41, 5.74) is -3.96. The minimum Gasteiger partial charge on any atom is -0.326 e. The van der Waals surface area contributed by atoms with Crippen molar-refractivity contribution in [1.82, 2.24) is 0 Å². The number of hydrogen-bond acceptors (Lipinski definition) is 2. The molecule has 3 rings (SSSR count). The molecule has 0 aliphatic carbocycles. The molecule has 2 aromatic rings. The van der Waals surface area contributed by atoms with Crippen LogP contribution in [0, 0.1) is 11.3 Å². The first-order valence-corrected chi connectivity index (χ1v) is 10.3. The van der Waals surface area contributed by atoms with E-state index in [0.717, 1.165) is 0 Å². The number of rotatable bonds is 5. The standard InChI is InChI=1S/C24H22F6N2O2/c1-4-15-7-5-6-8-19(15)32-13-22(14(2)3,12-20(32)33)21(34)31-18-10-16(23(25,26)27)9-17(11-18)24(28,29)30/h4-11,14H,1,12-13H2,2-3H3,(H,31,34). The molecule has 2 aromatic carbocycles. The maximum atomic E-state index is 13.3. The number of carbonyl (C=O) groups is 2. The van der Waals surface area contributed by atoms with Gasteiger partial charge in [-0.1, -0.05) is 44.7 Å². The highest BCUT2D eigenvalue weighted by Gasteiger charge is 2.51. The minimum atomic E-state index is -5.05. The first-order chi connectivity index (χ1) is 15.7. The summed E-state index contributed by atoms with van der Waals surface area (Å²) in [5, 5.41) is 2.21. The van der Waals surface area contributed by atoms with Crippen LogP contribution in [0.5, 0.6) is 0 Å². The van der Waals surface area contributed by atoms with Gasteiger partial charge in [0.2, 0.25) is 11.8 Å². The van der Waals surface area contributed by atoms with Gasteiger partial charge in [-0.05, 0) is 35.7 Å². The first-order valence-electron chi connectivity index (χ1n) is 10.3. The van der Waals surface area contributed by atoms with Gasteiger partial charge in [0.25, 0.3) is 0 Å². The van der Waals surface area contributed by atoms with Crippen molar-refractivity contribution >= 4 is 29.3 Å². The number of nitrogens with one attached hydrogen (secondary N) is 1. The molecule has 0 radical (unpaired) electrons. The average Bonchev–Trinajstić information content (AvgIpc) is 3.11. The molecule has 0 saturated carbocycles. The predicted octanol–water partition coefficient (Wildman–Crippen LogP) is 6.39. The minimum absolute atomic E-state index is 0.0130. The van der Waals surface area contributed by atoms with Crippen LogP contribution in [0.25, 0.3) is 6.08 Å². The number of halogens is 6. The van der Waals surface area contributed by atoms with Crippen molar-refractivity contribution in [1.29, 1.82) is 0 Å². The second kappa shape index (κ2) is 8.81. The Labute approximate surface area is 192 Å². The molecule has 1 unspecified atom stereocenters. The number of anilines is 2. The van der Waals surface area contributed by atoms with Gasteiger partial charge in [-0.2, -0.15) is 26.3 Å². The highest BCUT2D eigenvalue weighted by atomic mass is 19.4. The summed E-state index contributed by atoms with van der Waals surface area (Å²) >= 11 is 0. The van der Waals surface area contributed by atoms with Crippen LogP contribution in [0.4, 0.5) is 37.7 Å². The molecule has 2 amide bonds. The molecule has 0 spiro atoms. The lowest BCUT2D eigenvalue weighted by Crippen LogP contribution is -2.43. The molecule has 0 aromatic heterocycles. The van der Waals surface area contributed by atoms with Crippen molar-refractivity contribution in [3.8, 4) is 0 Å². The fraction of sp³-hybridized carbons (Fsp3) is 0.333. The van der Waals surface area contributed by atoms with Gasteiger partial charge in [-0.15, -0.1) is 0 Å². The smallest absolute Gasteiger partial charge is 0.326 e. The van der Waals surface area contributed by atoms with Crippen molar-refractivity contribution < 1.29 is 35.9 Å². The SMILES string of the molecule is C=Cc1ccccc1N1CC(C(=O)Nc2cc(C(F)(F)F)cc(C(F)(F)F)c2)(C(C)C)CC1=O. The second-order valence-corrected chi connectivity index (χ2v) is 8.48. The van der Waals surface area contributed by atoms with Gasteiger partial charge in [0.05, 0.1) is 22.2 Å². The van der Waals surface area contributed by atoms with Crippen LogP contribution in [0.1, 0.15) is 37.0 Å². The molecule has 182 valence electrons. The highest BCUT2D eigenvalue weighted by Crippen LogP contribution is 2.43. The summed E-state index contributed by atoms with van der Waals surface area (Å²) < 4.78 is 79.2. The van der Waals surface area contributed by atoms with E-state index < -0.39 is 52.3 Å². The van der Waals surface area contributed by atoms with Crippen molar-refractivity contribution in [3.63, 3.8) is 0 Å². The van der Waals surface area contributed by atoms with Crippen LogP contribution >= 0.6 is 0 Å².